The molecule has 9 nitrogen and oxygen atoms in total. The lowest BCUT2D eigenvalue weighted by Gasteiger charge is -2.27. The van der Waals surface area contributed by atoms with Gasteiger partial charge in [0.1, 0.15) is 18.9 Å². The summed E-state index contributed by atoms with van der Waals surface area (Å²) < 4.78 is 25.5. The van der Waals surface area contributed by atoms with E-state index in [1.54, 1.807) is 10.8 Å². The van der Waals surface area contributed by atoms with Crippen molar-refractivity contribution in [2.24, 2.45) is 5.41 Å². The summed E-state index contributed by atoms with van der Waals surface area (Å²) in [4.78, 5) is 36.5. The molecule has 1 heterocycles. The Morgan fingerprint density at radius 3 is 2.05 bits per heavy atom. The van der Waals surface area contributed by atoms with Gasteiger partial charge in [-0.3, -0.25) is 9.13 Å². The molecule has 0 amide bonds. The van der Waals surface area contributed by atoms with Crippen LogP contribution in [-0.4, -0.2) is 34.3 Å². The predicted molar refractivity (Wildman–Crippen MR) is 77.7 cm³/mol. The Kier molecular flexibility index (Phi) is 5.47. The summed E-state index contributed by atoms with van der Waals surface area (Å²) in [6, 6.07) is 0. The van der Waals surface area contributed by atoms with E-state index in [0.29, 0.717) is 6.54 Å². The Hall–Kier alpha value is -0.530. The average Bonchev–Trinajstić information content (AvgIpc) is 2.72. The molecule has 0 radical (unpaired) electrons. The third-order valence-corrected chi connectivity index (χ3v) is 7.35. The number of nitrogens with zero attached hydrogens (tertiary/aromatic N) is 2. The largest absolute Gasteiger partial charge is 0.373 e. The zero-order valence-electron chi connectivity index (χ0n) is 12.7. The molecule has 0 bridgehead atoms. The fourth-order valence-corrected chi connectivity index (χ4v) is 3.88. The smallest absolute Gasteiger partial charge is 0.365 e. The maximum atomic E-state index is 11.3. The summed E-state index contributed by atoms with van der Waals surface area (Å²) in [7, 11) is -10.9. The van der Waals surface area contributed by atoms with Crippen molar-refractivity contribution in [1.29, 1.82) is 0 Å². The molecule has 0 spiro atoms. The van der Waals surface area contributed by atoms with E-state index in [-0.39, 0.29) is 5.41 Å². The maximum Gasteiger partial charge on any atom is 0.373 e. The van der Waals surface area contributed by atoms with Crippen LogP contribution in [0.25, 0.3) is 0 Å². The number of imidazole rings is 1. The molecule has 0 fully saturated rings. The fourth-order valence-electron chi connectivity index (χ4n) is 1.83. The van der Waals surface area contributed by atoms with Crippen LogP contribution in [0.15, 0.2) is 18.7 Å². The molecule has 1 aromatic heterocycles. The molecular weight excluding hydrogens is 334 g/mol. The van der Waals surface area contributed by atoms with Gasteiger partial charge < -0.3 is 24.7 Å². The van der Waals surface area contributed by atoms with Crippen LogP contribution < -0.4 is 4.57 Å². The van der Waals surface area contributed by atoms with Gasteiger partial charge in [0.25, 0.3) is 0 Å². The van der Waals surface area contributed by atoms with Gasteiger partial charge in [-0.25, -0.2) is 9.13 Å². The highest BCUT2D eigenvalue weighted by Crippen LogP contribution is 2.67. The van der Waals surface area contributed by atoms with E-state index >= 15 is 0 Å². The van der Waals surface area contributed by atoms with E-state index < -0.39 is 26.8 Å². The molecule has 0 saturated heterocycles. The molecule has 0 aliphatic rings. The monoisotopic (exact) mass is 357 g/mol. The van der Waals surface area contributed by atoms with Gasteiger partial charge in [-0.1, -0.05) is 20.8 Å². The number of rotatable bonds is 7. The van der Waals surface area contributed by atoms with E-state index in [1.807, 2.05) is 20.8 Å². The van der Waals surface area contributed by atoms with Crippen molar-refractivity contribution in [3.05, 3.63) is 18.7 Å². The van der Waals surface area contributed by atoms with Crippen LogP contribution in [0.2, 0.25) is 0 Å². The highest BCUT2D eigenvalue weighted by atomic mass is 31.2. The van der Waals surface area contributed by atoms with Gasteiger partial charge in [0.15, 0.2) is 0 Å². The quantitative estimate of drug-likeness (QED) is 0.347. The SMILES string of the molecule is CCC(C)(C)C[n+]1ccn(CC(O)(P(=O)(O)O)P(=O)(O)O)c1. The van der Waals surface area contributed by atoms with E-state index in [2.05, 4.69) is 0 Å². The zero-order valence-corrected chi connectivity index (χ0v) is 14.5. The van der Waals surface area contributed by atoms with Gasteiger partial charge in [0.05, 0.1) is 6.54 Å². The standard InChI is InChI=1S/C11H22N2O7P2/c1-4-10(2,3)7-12-5-6-13(9-12)8-11(14,21(15,16)17)22(18,19)20/h5-6,9,14H,4,7-8H2,1-3H3,(H3-,15,16,17,18,19,20)/p+1. The van der Waals surface area contributed by atoms with Crippen LogP contribution in [0.1, 0.15) is 27.2 Å². The second kappa shape index (κ2) is 6.17. The van der Waals surface area contributed by atoms with Crippen LogP contribution in [0.4, 0.5) is 0 Å². The van der Waals surface area contributed by atoms with Crippen molar-refractivity contribution >= 4 is 15.2 Å². The Morgan fingerprint density at radius 2 is 1.64 bits per heavy atom. The van der Waals surface area contributed by atoms with Gasteiger partial charge in [0, 0.05) is 5.41 Å². The third-order valence-electron chi connectivity index (χ3n) is 3.64. The third kappa shape index (κ3) is 4.26. The summed E-state index contributed by atoms with van der Waals surface area (Å²) in [6.07, 6.45) is 5.34. The molecule has 5 N–H and O–H groups in total. The summed E-state index contributed by atoms with van der Waals surface area (Å²) in [5, 5.41) is 6.42. The van der Waals surface area contributed by atoms with Crippen LogP contribution in [0, 0.1) is 5.41 Å². The molecule has 22 heavy (non-hydrogen) atoms. The van der Waals surface area contributed by atoms with Gasteiger partial charge in [-0.15, -0.1) is 0 Å². The van der Waals surface area contributed by atoms with Crippen molar-refractivity contribution < 1.29 is 38.4 Å². The van der Waals surface area contributed by atoms with Gasteiger partial charge in [-0.05, 0) is 6.42 Å². The molecule has 11 heteroatoms. The van der Waals surface area contributed by atoms with E-state index in [1.165, 1.54) is 12.5 Å². The van der Waals surface area contributed by atoms with E-state index in [4.69, 9.17) is 19.6 Å². The molecule has 1 rings (SSSR count). The van der Waals surface area contributed by atoms with Gasteiger partial charge >= 0.3 is 20.3 Å². The number of hydrogen-bond donors (Lipinski definition) is 5. The average molecular weight is 357 g/mol. The Balaban J connectivity index is 3.06. The molecule has 0 saturated carbocycles. The number of hydrogen-bond acceptors (Lipinski definition) is 3. The molecule has 1 aromatic rings. The summed E-state index contributed by atoms with van der Waals surface area (Å²) in [6.45, 7) is 5.80. The van der Waals surface area contributed by atoms with Crippen molar-refractivity contribution in [2.75, 3.05) is 0 Å². The summed E-state index contributed by atoms with van der Waals surface area (Å²) >= 11 is 0. The molecule has 0 aliphatic carbocycles. The van der Waals surface area contributed by atoms with Crippen LogP contribution in [0.5, 0.6) is 0 Å². The van der Waals surface area contributed by atoms with Crippen LogP contribution in [-0.2, 0) is 22.2 Å². The van der Waals surface area contributed by atoms with E-state index in [0.717, 1.165) is 11.0 Å². The maximum absolute atomic E-state index is 11.3. The second-order valence-electron chi connectivity index (χ2n) is 6.14. The number of aromatic nitrogens is 2. The molecular formula is C11H23N2O7P2+. The highest BCUT2D eigenvalue weighted by Gasteiger charge is 2.61. The molecule has 0 aliphatic heterocycles. The Morgan fingerprint density at radius 1 is 1.14 bits per heavy atom. The molecule has 128 valence electrons. The minimum atomic E-state index is -5.45. The first kappa shape index (κ1) is 19.5. The minimum absolute atomic E-state index is 0.0142. The van der Waals surface area contributed by atoms with E-state index in [9.17, 15) is 14.2 Å². The molecule has 0 aromatic carbocycles. The lowest BCUT2D eigenvalue weighted by atomic mass is 9.90. The van der Waals surface area contributed by atoms with Crippen molar-refractivity contribution in [3.63, 3.8) is 0 Å². The lowest BCUT2D eigenvalue weighted by molar-refractivity contribution is -0.708. The molecule has 0 unspecified atom stereocenters. The fraction of sp³-hybridized carbons (Fsp3) is 0.727. The first-order valence-electron chi connectivity index (χ1n) is 6.60. The van der Waals surface area contributed by atoms with Crippen molar-refractivity contribution in [3.8, 4) is 0 Å². The second-order valence-corrected chi connectivity index (χ2v) is 10.1. The summed E-state index contributed by atoms with van der Waals surface area (Å²) in [5.74, 6) is 0. The zero-order chi connectivity index (χ0) is 17.4. The minimum Gasteiger partial charge on any atom is -0.365 e. The van der Waals surface area contributed by atoms with Crippen molar-refractivity contribution in [1.82, 2.24) is 4.57 Å². The summed E-state index contributed by atoms with van der Waals surface area (Å²) in [5.41, 5.74) is -0.0142. The van der Waals surface area contributed by atoms with Gasteiger partial charge in [0.2, 0.25) is 6.33 Å². The van der Waals surface area contributed by atoms with Crippen molar-refractivity contribution in [2.45, 2.75) is 45.4 Å². The van der Waals surface area contributed by atoms with Gasteiger partial charge in [-0.2, -0.15) is 0 Å². The Labute approximate surface area is 128 Å². The first-order valence-corrected chi connectivity index (χ1v) is 9.83. The highest BCUT2D eigenvalue weighted by molar-refractivity contribution is 7.72. The lowest BCUT2D eigenvalue weighted by Crippen LogP contribution is -2.40. The number of aliphatic hydroxyl groups is 1. The first-order chi connectivity index (χ1) is 9.72. The predicted octanol–water partition coefficient (Wildman–Crippen LogP) is 0.213. The Bertz CT molecular complexity index is 594. The van der Waals surface area contributed by atoms with Crippen LogP contribution in [0.3, 0.4) is 0 Å². The molecule has 0 atom stereocenters. The normalized spacial score (nSPS) is 14.4. The van der Waals surface area contributed by atoms with Crippen LogP contribution >= 0.6 is 15.2 Å². The topological polar surface area (TPSA) is 144 Å².